The topological polar surface area (TPSA) is 35.0 Å². The van der Waals surface area contributed by atoms with Crippen LogP contribution in [0.25, 0.3) is 20.3 Å². The Morgan fingerprint density at radius 1 is 1.25 bits per heavy atom. The molecular formula is C11H7ClN2OS. The fourth-order valence-electron chi connectivity index (χ4n) is 1.70. The molecule has 0 aliphatic rings. The molecule has 0 bridgehead atoms. The number of benzene rings is 1. The molecule has 0 atom stereocenters. The molecule has 3 rings (SSSR count). The number of halogens is 1. The highest BCUT2D eigenvalue weighted by Gasteiger charge is 2.12. The van der Waals surface area contributed by atoms with Crippen molar-refractivity contribution in [1.29, 1.82) is 0 Å². The maximum absolute atomic E-state index is 6.04. The fourth-order valence-corrected chi connectivity index (χ4v) is 3.08. The third-order valence-electron chi connectivity index (χ3n) is 2.42. The van der Waals surface area contributed by atoms with Gasteiger partial charge in [-0.3, -0.25) is 0 Å². The number of rotatable bonds is 1. The zero-order valence-corrected chi connectivity index (χ0v) is 9.97. The van der Waals surface area contributed by atoms with Gasteiger partial charge in [0.25, 0.3) is 0 Å². The van der Waals surface area contributed by atoms with Gasteiger partial charge in [-0.25, -0.2) is 9.97 Å². The third-order valence-corrected chi connectivity index (χ3v) is 4.03. The zero-order valence-electron chi connectivity index (χ0n) is 8.40. The van der Waals surface area contributed by atoms with Gasteiger partial charge in [0.15, 0.2) is 0 Å². The lowest BCUT2D eigenvalue weighted by Gasteiger charge is -1.99. The molecule has 5 heteroatoms. The smallest absolute Gasteiger partial charge is 0.150 e. The summed E-state index contributed by atoms with van der Waals surface area (Å²) in [5.41, 5.74) is 0.888. The van der Waals surface area contributed by atoms with Crippen LogP contribution in [0, 0.1) is 0 Å². The Balaban J connectivity index is 2.55. The first-order chi connectivity index (χ1) is 7.81. The molecule has 16 heavy (non-hydrogen) atoms. The van der Waals surface area contributed by atoms with Crippen LogP contribution in [0.5, 0.6) is 5.75 Å². The van der Waals surface area contributed by atoms with E-state index < -0.39 is 0 Å². The third kappa shape index (κ3) is 1.27. The summed E-state index contributed by atoms with van der Waals surface area (Å²) in [6.45, 7) is 0. The van der Waals surface area contributed by atoms with Gasteiger partial charge in [0.1, 0.15) is 17.2 Å². The minimum Gasteiger partial charge on any atom is -0.495 e. The van der Waals surface area contributed by atoms with Crippen molar-refractivity contribution < 1.29 is 4.74 Å². The van der Waals surface area contributed by atoms with Crippen molar-refractivity contribution in [1.82, 2.24) is 9.97 Å². The molecule has 80 valence electrons. The highest BCUT2D eigenvalue weighted by atomic mass is 35.5. The largest absolute Gasteiger partial charge is 0.495 e. The predicted molar refractivity (Wildman–Crippen MR) is 66.5 cm³/mol. The van der Waals surface area contributed by atoms with Gasteiger partial charge >= 0.3 is 0 Å². The van der Waals surface area contributed by atoms with Crippen molar-refractivity contribution in [3.63, 3.8) is 0 Å². The van der Waals surface area contributed by atoms with Crippen LogP contribution < -0.4 is 4.74 Å². The Labute approximate surface area is 101 Å². The second-order valence-corrected chi connectivity index (χ2v) is 4.66. The van der Waals surface area contributed by atoms with Gasteiger partial charge < -0.3 is 4.74 Å². The molecule has 0 saturated heterocycles. The first-order valence-corrected chi connectivity index (χ1v) is 5.86. The molecule has 0 aliphatic carbocycles. The van der Waals surface area contributed by atoms with Gasteiger partial charge in [0.2, 0.25) is 0 Å². The van der Waals surface area contributed by atoms with Gasteiger partial charge in [-0.05, 0) is 6.07 Å². The van der Waals surface area contributed by atoms with Gasteiger partial charge in [-0.1, -0.05) is 23.7 Å². The number of hydrogen-bond donors (Lipinski definition) is 0. The number of aromatic nitrogens is 2. The summed E-state index contributed by atoms with van der Waals surface area (Å²) in [5, 5.41) is 1.55. The van der Waals surface area contributed by atoms with Crippen LogP contribution in [0.4, 0.5) is 0 Å². The standard InChI is InChI=1S/C11H7ClN2OS/c1-15-7-4-2-3-6-8-10(16-9(6)7)11(12)14-5-13-8/h2-5H,1H3. The van der Waals surface area contributed by atoms with E-state index in [2.05, 4.69) is 9.97 Å². The van der Waals surface area contributed by atoms with Gasteiger partial charge in [0, 0.05) is 5.39 Å². The molecule has 2 aromatic heterocycles. The summed E-state index contributed by atoms with van der Waals surface area (Å²) in [6, 6.07) is 5.89. The number of hydrogen-bond acceptors (Lipinski definition) is 4. The average molecular weight is 251 g/mol. The minimum absolute atomic E-state index is 0.494. The van der Waals surface area contributed by atoms with Crippen LogP contribution >= 0.6 is 22.9 Å². The Hall–Kier alpha value is -1.39. The lowest BCUT2D eigenvalue weighted by atomic mass is 10.2. The SMILES string of the molecule is COc1cccc2c1sc1c(Cl)ncnc12. The Morgan fingerprint density at radius 3 is 2.94 bits per heavy atom. The van der Waals surface area contributed by atoms with Crippen molar-refractivity contribution in [2.24, 2.45) is 0 Å². The Kier molecular flexibility index (Phi) is 2.19. The van der Waals surface area contributed by atoms with Crippen molar-refractivity contribution in [2.45, 2.75) is 0 Å². The fraction of sp³-hybridized carbons (Fsp3) is 0.0909. The lowest BCUT2D eigenvalue weighted by molar-refractivity contribution is 0.420. The van der Waals surface area contributed by atoms with Crippen LogP contribution in [0.1, 0.15) is 0 Å². The molecule has 2 heterocycles. The summed E-state index contributed by atoms with van der Waals surface area (Å²) in [6.07, 6.45) is 1.48. The number of nitrogens with zero attached hydrogens (tertiary/aromatic N) is 2. The first-order valence-electron chi connectivity index (χ1n) is 4.67. The molecule has 3 nitrogen and oxygen atoms in total. The molecular weight excluding hydrogens is 244 g/mol. The maximum atomic E-state index is 6.04. The lowest BCUT2D eigenvalue weighted by Crippen LogP contribution is -1.81. The van der Waals surface area contributed by atoms with Gasteiger partial charge in [-0.2, -0.15) is 0 Å². The van der Waals surface area contributed by atoms with Crippen molar-refractivity contribution in [2.75, 3.05) is 7.11 Å². The van der Waals surface area contributed by atoms with E-state index in [0.717, 1.165) is 26.1 Å². The van der Waals surface area contributed by atoms with Crippen molar-refractivity contribution in [3.8, 4) is 5.75 Å². The number of thiophene rings is 1. The molecule has 0 spiro atoms. The molecule has 1 aromatic carbocycles. The monoisotopic (exact) mass is 250 g/mol. The normalized spacial score (nSPS) is 11.1. The Morgan fingerprint density at radius 2 is 2.12 bits per heavy atom. The van der Waals surface area contributed by atoms with Crippen LogP contribution in [0.2, 0.25) is 5.15 Å². The highest BCUT2D eigenvalue weighted by Crippen LogP contribution is 2.39. The molecule has 0 N–H and O–H groups in total. The molecule has 0 aliphatic heterocycles. The molecule has 0 radical (unpaired) electrons. The van der Waals surface area contributed by atoms with E-state index in [0.29, 0.717) is 5.15 Å². The van der Waals surface area contributed by atoms with Crippen LogP contribution in [0.15, 0.2) is 24.5 Å². The summed E-state index contributed by atoms with van der Waals surface area (Å²) in [4.78, 5) is 8.25. The molecule has 0 unspecified atom stereocenters. The van der Waals surface area contributed by atoms with E-state index >= 15 is 0 Å². The van der Waals surface area contributed by atoms with Crippen LogP contribution in [-0.4, -0.2) is 17.1 Å². The van der Waals surface area contributed by atoms with Gasteiger partial charge in [-0.15, -0.1) is 11.3 Å². The summed E-state index contributed by atoms with van der Waals surface area (Å²) in [7, 11) is 1.66. The minimum atomic E-state index is 0.494. The number of ether oxygens (including phenoxy) is 1. The molecule has 0 saturated carbocycles. The number of methoxy groups -OCH3 is 1. The van der Waals surface area contributed by atoms with E-state index in [1.165, 1.54) is 6.33 Å². The first kappa shape index (κ1) is 9.81. The molecule has 0 amide bonds. The maximum Gasteiger partial charge on any atom is 0.150 e. The van der Waals surface area contributed by atoms with E-state index in [9.17, 15) is 0 Å². The van der Waals surface area contributed by atoms with E-state index in [-0.39, 0.29) is 0 Å². The highest BCUT2D eigenvalue weighted by molar-refractivity contribution is 7.26. The van der Waals surface area contributed by atoms with Gasteiger partial charge in [0.05, 0.1) is 22.0 Å². The molecule has 0 fully saturated rings. The van der Waals surface area contributed by atoms with E-state index in [4.69, 9.17) is 16.3 Å². The average Bonchev–Trinajstić information content (AvgIpc) is 2.69. The molecule has 3 aromatic rings. The Bertz CT molecular complexity index is 680. The van der Waals surface area contributed by atoms with E-state index in [1.807, 2.05) is 18.2 Å². The summed E-state index contributed by atoms with van der Waals surface area (Å²) in [5.74, 6) is 0.844. The summed E-state index contributed by atoms with van der Waals surface area (Å²) >= 11 is 7.60. The van der Waals surface area contributed by atoms with Crippen molar-refractivity contribution in [3.05, 3.63) is 29.7 Å². The second-order valence-electron chi connectivity index (χ2n) is 3.28. The quantitative estimate of drug-likeness (QED) is 0.620. The van der Waals surface area contributed by atoms with Crippen LogP contribution in [0.3, 0.4) is 0 Å². The zero-order chi connectivity index (χ0) is 11.1. The number of fused-ring (bicyclic) bond motifs is 3. The van der Waals surface area contributed by atoms with E-state index in [1.54, 1.807) is 18.4 Å². The summed E-state index contributed by atoms with van der Waals surface area (Å²) < 4.78 is 7.28. The second kappa shape index (κ2) is 3.57. The van der Waals surface area contributed by atoms with Crippen molar-refractivity contribution >= 4 is 43.2 Å². The van der Waals surface area contributed by atoms with Crippen LogP contribution in [-0.2, 0) is 0 Å². The predicted octanol–water partition coefficient (Wildman–Crippen LogP) is 3.51.